The molecule has 0 spiro atoms. The molecule has 3 heteroatoms. The zero-order valence-electron chi connectivity index (χ0n) is 9.29. The van der Waals surface area contributed by atoms with Crippen LogP contribution in [0.3, 0.4) is 0 Å². The average molecular weight is 212 g/mol. The zero-order valence-corrected chi connectivity index (χ0v) is 10.1. The van der Waals surface area contributed by atoms with Crippen LogP contribution in [0, 0.1) is 5.92 Å². The lowest BCUT2D eigenvalue weighted by molar-refractivity contribution is 0.520. The summed E-state index contributed by atoms with van der Waals surface area (Å²) in [7, 11) is 0. The van der Waals surface area contributed by atoms with Gasteiger partial charge in [0.1, 0.15) is 0 Å². The zero-order chi connectivity index (χ0) is 10.4. The number of aromatic nitrogens is 1. The van der Waals surface area contributed by atoms with Crippen LogP contribution in [-0.4, -0.2) is 11.0 Å². The highest BCUT2D eigenvalue weighted by Crippen LogP contribution is 2.15. The molecule has 0 saturated carbocycles. The predicted octanol–water partition coefficient (Wildman–Crippen LogP) is 3.77. The van der Waals surface area contributed by atoms with E-state index in [9.17, 15) is 0 Å². The van der Waals surface area contributed by atoms with Crippen molar-refractivity contribution in [3.8, 4) is 0 Å². The standard InChI is InChI=1S/C11H20N2S/c1-9(2)5-4-6-10(3)13-11-12-7-8-14-11/h7-10H,4-6H2,1-3H3,(H,12,13). The molecule has 0 bridgehead atoms. The Balaban J connectivity index is 2.13. The van der Waals surface area contributed by atoms with E-state index in [1.165, 1.54) is 19.3 Å². The summed E-state index contributed by atoms with van der Waals surface area (Å²) >= 11 is 1.67. The van der Waals surface area contributed by atoms with Crippen LogP contribution >= 0.6 is 11.3 Å². The van der Waals surface area contributed by atoms with E-state index in [-0.39, 0.29) is 0 Å². The third-order valence-corrected chi connectivity index (χ3v) is 2.93. The molecule has 80 valence electrons. The van der Waals surface area contributed by atoms with Gasteiger partial charge < -0.3 is 5.32 Å². The fourth-order valence-electron chi connectivity index (χ4n) is 1.41. The van der Waals surface area contributed by atoms with Crippen molar-refractivity contribution in [2.45, 2.75) is 46.1 Å². The van der Waals surface area contributed by atoms with E-state index >= 15 is 0 Å². The predicted molar refractivity (Wildman–Crippen MR) is 63.9 cm³/mol. The monoisotopic (exact) mass is 212 g/mol. The minimum atomic E-state index is 0.542. The third-order valence-electron chi connectivity index (χ3n) is 2.22. The van der Waals surface area contributed by atoms with Crippen molar-refractivity contribution in [1.29, 1.82) is 0 Å². The van der Waals surface area contributed by atoms with Gasteiger partial charge in [-0.2, -0.15) is 0 Å². The first-order valence-corrected chi connectivity index (χ1v) is 6.22. The van der Waals surface area contributed by atoms with Crippen molar-refractivity contribution in [2.75, 3.05) is 5.32 Å². The molecule has 0 aliphatic carbocycles. The molecule has 1 aromatic heterocycles. The van der Waals surface area contributed by atoms with E-state index < -0.39 is 0 Å². The molecule has 0 fully saturated rings. The summed E-state index contributed by atoms with van der Waals surface area (Å²) in [6.45, 7) is 6.78. The van der Waals surface area contributed by atoms with Crippen molar-refractivity contribution in [3.05, 3.63) is 11.6 Å². The van der Waals surface area contributed by atoms with Crippen molar-refractivity contribution in [1.82, 2.24) is 4.98 Å². The number of anilines is 1. The molecule has 0 saturated heterocycles. The minimum Gasteiger partial charge on any atom is -0.359 e. The number of thiazole rings is 1. The molecule has 0 aliphatic rings. The Labute approximate surface area is 90.8 Å². The molecule has 0 amide bonds. The van der Waals surface area contributed by atoms with Crippen LogP contribution in [0.5, 0.6) is 0 Å². The summed E-state index contributed by atoms with van der Waals surface area (Å²) in [5.41, 5.74) is 0. The second-order valence-electron chi connectivity index (χ2n) is 4.21. The van der Waals surface area contributed by atoms with E-state index in [4.69, 9.17) is 0 Å². The number of nitrogens with zero attached hydrogens (tertiary/aromatic N) is 1. The molecular formula is C11H20N2S. The van der Waals surface area contributed by atoms with Gasteiger partial charge in [0.2, 0.25) is 0 Å². The van der Waals surface area contributed by atoms with Crippen molar-refractivity contribution < 1.29 is 0 Å². The summed E-state index contributed by atoms with van der Waals surface area (Å²) in [5.74, 6) is 0.821. The Hall–Kier alpha value is -0.570. The SMILES string of the molecule is CC(C)CCCC(C)Nc1nccs1. The van der Waals surface area contributed by atoms with Crippen LogP contribution in [-0.2, 0) is 0 Å². The summed E-state index contributed by atoms with van der Waals surface area (Å²) in [5, 5.41) is 6.45. The first-order chi connectivity index (χ1) is 6.68. The fourth-order valence-corrected chi connectivity index (χ4v) is 2.05. The van der Waals surface area contributed by atoms with E-state index in [1.54, 1.807) is 11.3 Å². The van der Waals surface area contributed by atoms with Crippen LogP contribution in [0.25, 0.3) is 0 Å². The van der Waals surface area contributed by atoms with Gasteiger partial charge >= 0.3 is 0 Å². The van der Waals surface area contributed by atoms with Gasteiger partial charge in [-0.25, -0.2) is 4.98 Å². The van der Waals surface area contributed by atoms with Gasteiger partial charge in [0, 0.05) is 17.6 Å². The molecule has 1 heterocycles. The maximum absolute atomic E-state index is 4.21. The Morgan fingerprint density at radius 3 is 2.71 bits per heavy atom. The van der Waals surface area contributed by atoms with Crippen molar-refractivity contribution >= 4 is 16.5 Å². The number of hydrogen-bond acceptors (Lipinski definition) is 3. The highest BCUT2D eigenvalue weighted by molar-refractivity contribution is 7.13. The quantitative estimate of drug-likeness (QED) is 0.776. The lowest BCUT2D eigenvalue weighted by Gasteiger charge is -2.13. The third kappa shape index (κ3) is 4.61. The highest BCUT2D eigenvalue weighted by Gasteiger charge is 2.03. The molecule has 1 atom stereocenters. The Bertz CT molecular complexity index is 231. The highest BCUT2D eigenvalue weighted by atomic mass is 32.1. The molecular weight excluding hydrogens is 192 g/mol. The number of nitrogens with one attached hydrogen (secondary N) is 1. The fraction of sp³-hybridized carbons (Fsp3) is 0.727. The van der Waals surface area contributed by atoms with Crippen LogP contribution in [0.4, 0.5) is 5.13 Å². The smallest absolute Gasteiger partial charge is 0.182 e. The largest absolute Gasteiger partial charge is 0.359 e. The lowest BCUT2D eigenvalue weighted by Crippen LogP contribution is -2.14. The van der Waals surface area contributed by atoms with Crippen LogP contribution in [0.2, 0.25) is 0 Å². The molecule has 2 nitrogen and oxygen atoms in total. The van der Waals surface area contributed by atoms with E-state index in [0.29, 0.717) is 6.04 Å². The second kappa shape index (κ2) is 6.02. The lowest BCUT2D eigenvalue weighted by atomic mass is 10.0. The van der Waals surface area contributed by atoms with Crippen molar-refractivity contribution in [2.24, 2.45) is 5.92 Å². The number of hydrogen-bond donors (Lipinski definition) is 1. The molecule has 1 N–H and O–H groups in total. The van der Waals surface area contributed by atoms with Crippen LogP contribution < -0.4 is 5.32 Å². The van der Waals surface area contributed by atoms with Gasteiger partial charge in [0.05, 0.1) is 0 Å². The molecule has 0 aliphatic heterocycles. The first-order valence-electron chi connectivity index (χ1n) is 5.34. The minimum absolute atomic E-state index is 0.542. The molecule has 1 unspecified atom stereocenters. The van der Waals surface area contributed by atoms with Gasteiger partial charge in [0.25, 0.3) is 0 Å². The molecule has 1 rings (SSSR count). The van der Waals surface area contributed by atoms with Gasteiger partial charge in [-0.05, 0) is 19.3 Å². The number of rotatable bonds is 6. The maximum Gasteiger partial charge on any atom is 0.182 e. The van der Waals surface area contributed by atoms with Gasteiger partial charge in [-0.3, -0.25) is 0 Å². The van der Waals surface area contributed by atoms with Gasteiger partial charge in [0.15, 0.2) is 5.13 Å². The molecule has 0 aromatic carbocycles. The summed E-state index contributed by atoms with van der Waals surface area (Å²) in [4.78, 5) is 4.21. The van der Waals surface area contributed by atoms with Crippen LogP contribution in [0.1, 0.15) is 40.0 Å². The maximum atomic E-state index is 4.21. The molecule has 14 heavy (non-hydrogen) atoms. The van der Waals surface area contributed by atoms with E-state index in [1.807, 2.05) is 11.6 Å². The van der Waals surface area contributed by atoms with Crippen LogP contribution in [0.15, 0.2) is 11.6 Å². The summed E-state index contributed by atoms with van der Waals surface area (Å²) < 4.78 is 0. The summed E-state index contributed by atoms with van der Waals surface area (Å²) in [6, 6.07) is 0.542. The molecule has 0 radical (unpaired) electrons. The van der Waals surface area contributed by atoms with Gasteiger partial charge in [-0.1, -0.05) is 26.7 Å². The Morgan fingerprint density at radius 1 is 1.36 bits per heavy atom. The van der Waals surface area contributed by atoms with Crippen molar-refractivity contribution in [3.63, 3.8) is 0 Å². The van der Waals surface area contributed by atoms with E-state index in [2.05, 4.69) is 31.1 Å². The summed E-state index contributed by atoms with van der Waals surface area (Å²) in [6.07, 6.45) is 5.70. The topological polar surface area (TPSA) is 24.9 Å². The normalized spacial score (nSPS) is 13.1. The van der Waals surface area contributed by atoms with E-state index in [0.717, 1.165) is 11.0 Å². The molecule has 1 aromatic rings. The first kappa shape index (κ1) is 11.5. The Kier molecular flexibility index (Phi) is 4.94. The second-order valence-corrected chi connectivity index (χ2v) is 5.10. The average Bonchev–Trinajstić information content (AvgIpc) is 2.56. The Morgan fingerprint density at radius 2 is 2.14 bits per heavy atom. The van der Waals surface area contributed by atoms with Gasteiger partial charge in [-0.15, -0.1) is 11.3 Å².